The van der Waals surface area contributed by atoms with E-state index in [0.717, 1.165) is 5.56 Å². The van der Waals surface area contributed by atoms with Crippen LogP contribution in [0.1, 0.15) is 11.1 Å². The minimum absolute atomic E-state index is 0.221. The summed E-state index contributed by atoms with van der Waals surface area (Å²) in [7, 11) is 1.42. The van der Waals surface area contributed by atoms with Crippen LogP contribution in [0.25, 0.3) is 0 Å². The van der Waals surface area contributed by atoms with E-state index in [2.05, 4.69) is 0 Å². The van der Waals surface area contributed by atoms with Crippen LogP contribution in [0.15, 0.2) is 12.1 Å². The highest BCUT2D eigenvalue weighted by atomic mass is 19.1. The molecule has 0 aliphatic rings. The van der Waals surface area contributed by atoms with Crippen LogP contribution >= 0.6 is 0 Å². The molecule has 0 aliphatic heterocycles. The molecule has 0 bridgehead atoms. The Hall–Kier alpha value is -1.56. The van der Waals surface area contributed by atoms with Crippen LogP contribution in [0.4, 0.5) is 4.39 Å². The zero-order valence-corrected chi connectivity index (χ0v) is 7.60. The summed E-state index contributed by atoms with van der Waals surface area (Å²) < 4.78 is 17.9. The van der Waals surface area contributed by atoms with Crippen molar-refractivity contribution in [1.82, 2.24) is 0 Å². The average molecular weight is 179 g/mol. The molecule has 0 fully saturated rings. The molecule has 0 aliphatic carbocycles. The van der Waals surface area contributed by atoms with Gasteiger partial charge in [0, 0.05) is 0 Å². The molecular formula is C10H10FNO. The molecule has 0 saturated carbocycles. The lowest BCUT2D eigenvalue weighted by Gasteiger charge is -2.06. The number of ether oxygens (including phenoxy) is 1. The molecule has 1 aromatic carbocycles. The molecule has 0 radical (unpaired) electrons. The molecule has 1 aromatic rings. The van der Waals surface area contributed by atoms with Gasteiger partial charge in [0.05, 0.1) is 19.6 Å². The second-order valence-electron chi connectivity index (χ2n) is 2.75. The number of nitrogens with zero attached hydrogens (tertiary/aromatic N) is 1. The van der Waals surface area contributed by atoms with Crippen LogP contribution in [0, 0.1) is 24.1 Å². The summed E-state index contributed by atoms with van der Waals surface area (Å²) in [6, 6.07) is 4.93. The fourth-order valence-corrected chi connectivity index (χ4v) is 1.13. The Kier molecular flexibility index (Phi) is 2.86. The Balaban J connectivity index is 3.14. The molecule has 1 rings (SSSR count). The van der Waals surface area contributed by atoms with Gasteiger partial charge in [-0.25, -0.2) is 4.39 Å². The summed E-state index contributed by atoms with van der Waals surface area (Å²) in [5.41, 5.74) is 1.58. The second kappa shape index (κ2) is 3.90. The molecular weight excluding hydrogens is 169 g/mol. The molecule has 0 aromatic heterocycles. The molecule has 0 amide bonds. The predicted octanol–water partition coefficient (Wildman–Crippen LogP) is 2.21. The minimum Gasteiger partial charge on any atom is -0.494 e. The van der Waals surface area contributed by atoms with Gasteiger partial charge < -0.3 is 4.74 Å². The third-order valence-electron chi connectivity index (χ3n) is 1.88. The van der Waals surface area contributed by atoms with E-state index in [1.165, 1.54) is 13.2 Å². The van der Waals surface area contributed by atoms with Gasteiger partial charge >= 0.3 is 0 Å². The number of rotatable bonds is 2. The summed E-state index contributed by atoms with van der Waals surface area (Å²) >= 11 is 0. The Morgan fingerprint density at radius 1 is 1.54 bits per heavy atom. The van der Waals surface area contributed by atoms with Gasteiger partial charge in [-0.3, -0.25) is 0 Å². The first-order chi connectivity index (χ1) is 6.19. The smallest absolute Gasteiger partial charge is 0.165 e. The lowest BCUT2D eigenvalue weighted by atomic mass is 10.1. The van der Waals surface area contributed by atoms with E-state index in [9.17, 15) is 4.39 Å². The number of hydrogen-bond donors (Lipinski definition) is 0. The monoisotopic (exact) mass is 179 g/mol. The second-order valence-corrected chi connectivity index (χ2v) is 2.75. The van der Waals surface area contributed by atoms with Gasteiger partial charge in [-0.2, -0.15) is 5.26 Å². The van der Waals surface area contributed by atoms with E-state index in [4.69, 9.17) is 10.00 Å². The van der Waals surface area contributed by atoms with Gasteiger partial charge in [0.1, 0.15) is 0 Å². The molecule has 68 valence electrons. The third kappa shape index (κ3) is 1.97. The molecule has 0 atom stereocenters. The summed E-state index contributed by atoms with van der Waals surface area (Å²) in [5.74, 6) is -0.197. The number of benzene rings is 1. The highest BCUT2D eigenvalue weighted by Gasteiger charge is 2.06. The van der Waals surface area contributed by atoms with Crippen molar-refractivity contribution < 1.29 is 9.13 Å². The third-order valence-corrected chi connectivity index (χ3v) is 1.88. The fraction of sp³-hybridized carbons (Fsp3) is 0.300. The highest BCUT2D eigenvalue weighted by molar-refractivity contribution is 5.37. The summed E-state index contributed by atoms with van der Waals surface area (Å²) in [6.45, 7) is 1.83. The van der Waals surface area contributed by atoms with E-state index < -0.39 is 5.82 Å². The van der Waals surface area contributed by atoms with Crippen molar-refractivity contribution in [3.63, 3.8) is 0 Å². The van der Waals surface area contributed by atoms with Crippen molar-refractivity contribution in [3.05, 3.63) is 29.1 Å². The zero-order valence-electron chi connectivity index (χ0n) is 7.60. The lowest BCUT2D eigenvalue weighted by Crippen LogP contribution is -1.94. The Morgan fingerprint density at radius 2 is 2.23 bits per heavy atom. The topological polar surface area (TPSA) is 33.0 Å². The zero-order chi connectivity index (χ0) is 9.84. The van der Waals surface area contributed by atoms with Crippen molar-refractivity contribution >= 4 is 0 Å². The van der Waals surface area contributed by atoms with Crippen LogP contribution in [-0.4, -0.2) is 7.11 Å². The maximum absolute atomic E-state index is 13.1. The van der Waals surface area contributed by atoms with Crippen LogP contribution < -0.4 is 4.74 Å². The molecule has 3 heteroatoms. The Morgan fingerprint density at radius 3 is 2.77 bits per heavy atom. The molecule has 0 unspecified atom stereocenters. The van der Waals surface area contributed by atoms with E-state index >= 15 is 0 Å². The number of hydrogen-bond acceptors (Lipinski definition) is 2. The number of halogens is 1. The van der Waals surface area contributed by atoms with Gasteiger partial charge in [0.15, 0.2) is 11.6 Å². The molecule has 0 heterocycles. The minimum atomic E-state index is -0.418. The Labute approximate surface area is 76.6 Å². The van der Waals surface area contributed by atoms with E-state index in [0.29, 0.717) is 5.56 Å². The number of aryl methyl sites for hydroxylation is 1. The fourth-order valence-electron chi connectivity index (χ4n) is 1.13. The first-order valence-corrected chi connectivity index (χ1v) is 3.89. The maximum atomic E-state index is 13.1. The average Bonchev–Trinajstić information content (AvgIpc) is 2.11. The van der Waals surface area contributed by atoms with Crippen molar-refractivity contribution in [1.29, 1.82) is 5.26 Å². The van der Waals surface area contributed by atoms with E-state index in [1.807, 2.05) is 13.0 Å². The molecule has 0 spiro atoms. The normalized spacial score (nSPS) is 9.38. The Bertz CT molecular complexity index is 355. The number of methoxy groups -OCH3 is 1. The first-order valence-electron chi connectivity index (χ1n) is 3.89. The van der Waals surface area contributed by atoms with Gasteiger partial charge in [0.25, 0.3) is 0 Å². The molecule has 2 nitrogen and oxygen atoms in total. The summed E-state index contributed by atoms with van der Waals surface area (Å²) in [6.07, 6.45) is 0.229. The predicted molar refractivity (Wildman–Crippen MR) is 47.0 cm³/mol. The van der Waals surface area contributed by atoms with E-state index in [1.54, 1.807) is 6.07 Å². The standard InChI is InChI=1S/C10H10FNO/c1-7-5-10(13-2)9(11)6-8(7)3-4-12/h5-6H,3H2,1-2H3. The molecule has 0 saturated heterocycles. The summed E-state index contributed by atoms with van der Waals surface area (Å²) in [5, 5.41) is 8.46. The van der Waals surface area contributed by atoms with Crippen LogP contribution in [0.2, 0.25) is 0 Å². The van der Waals surface area contributed by atoms with Gasteiger partial charge in [0.2, 0.25) is 0 Å². The lowest BCUT2D eigenvalue weighted by molar-refractivity contribution is 0.386. The highest BCUT2D eigenvalue weighted by Crippen LogP contribution is 2.21. The van der Waals surface area contributed by atoms with E-state index in [-0.39, 0.29) is 12.2 Å². The van der Waals surface area contributed by atoms with Crippen molar-refractivity contribution in [2.24, 2.45) is 0 Å². The van der Waals surface area contributed by atoms with Gasteiger partial charge in [-0.15, -0.1) is 0 Å². The van der Waals surface area contributed by atoms with Crippen molar-refractivity contribution in [2.45, 2.75) is 13.3 Å². The van der Waals surface area contributed by atoms with Crippen molar-refractivity contribution in [3.8, 4) is 11.8 Å². The quantitative estimate of drug-likeness (QED) is 0.697. The largest absolute Gasteiger partial charge is 0.494 e. The SMILES string of the molecule is COc1cc(C)c(CC#N)cc1F. The summed E-state index contributed by atoms with van der Waals surface area (Å²) in [4.78, 5) is 0. The van der Waals surface area contributed by atoms with Crippen LogP contribution in [0.3, 0.4) is 0 Å². The molecule has 13 heavy (non-hydrogen) atoms. The van der Waals surface area contributed by atoms with Crippen LogP contribution in [-0.2, 0) is 6.42 Å². The maximum Gasteiger partial charge on any atom is 0.165 e. The van der Waals surface area contributed by atoms with Gasteiger partial charge in [-0.1, -0.05) is 0 Å². The first kappa shape index (κ1) is 9.53. The van der Waals surface area contributed by atoms with Gasteiger partial charge in [-0.05, 0) is 30.2 Å². The van der Waals surface area contributed by atoms with Crippen molar-refractivity contribution in [2.75, 3.05) is 7.11 Å². The molecule has 0 N–H and O–H groups in total. The number of nitriles is 1. The van der Waals surface area contributed by atoms with Crippen LogP contribution in [0.5, 0.6) is 5.75 Å².